The summed E-state index contributed by atoms with van der Waals surface area (Å²) >= 11 is 5.74. The quantitative estimate of drug-likeness (QED) is 0.709. The molecule has 0 heterocycles. The Morgan fingerprint density at radius 3 is 2.82 bits per heavy atom. The van der Waals surface area contributed by atoms with Gasteiger partial charge in [0, 0.05) is 5.02 Å². The molecule has 1 atom stereocenters. The van der Waals surface area contributed by atoms with Gasteiger partial charge in [0.15, 0.2) is 0 Å². The van der Waals surface area contributed by atoms with Crippen LogP contribution in [0.4, 0.5) is 9.59 Å². The van der Waals surface area contributed by atoms with E-state index in [1.165, 1.54) is 0 Å². The standard InChI is InChI=1S/C10H11ClN2O4/c11-7-3-1-2-6(4-7)8(14)5-13-10(16)17-9(12)15/h1-4,8,14H,5H2,(H2,12,15)(H,13,16). The molecular weight excluding hydrogens is 248 g/mol. The van der Waals surface area contributed by atoms with Gasteiger partial charge in [0.05, 0.1) is 12.6 Å². The van der Waals surface area contributed by atoms with Crippen LogP contribution in [0.1, 0.15) is 11.7 Å². The van der Waals surface area contributed by atoms with Crippen LogP contribution < -0.4 is 11.1 Å². The van der Waals surface area contributed by atoms with Gasteiger partial charge in [0.25, 0.3) is 0 Å². The zero-order valence-corrected chi connectivity index (χ0v) is 9.48. The first-order valence-electron chi connectivity index (χ1n) is 4.67. The predicted octanol–water partition coefficient (Wildman–Crippen LogP) is 1.18. The van der Waals surface area contributed by atoms with Crippen LogP contribution >= 0.6 is 11.6 Å². The van der Waals surface area contributed by atoms with E-state index >= 15 is 0 Å². The third-order valence-corrected chi connectivity index (χ3v) is 2.10. The molecule has 2 amide bonds. The summed E-state index contributed by atoms with van der Waals surface area (Å²) in [6.07, 6.45) is -3.17. The molecule has 92 valence electrons. The summed E-state index contributed by atoms with van der Waals surface area (Å²) < 4.78 is 4.01. The lowest BCUT2D eigenvalue weighted by molar-refractivity contribution is 0.142. The average molecular weight is 259 g/mol. The maximum atomic E-state index is 10.9. The molecule has 1 unspecified atom stereocenters. The third-order valence-electron chi connectivity index (χ3n) is 1.87. The summed E-state index contributed by atoms with van der Waals surface area (Å²) in [5, 5.41) is 12.3. The van der Waals surface area contributed by atoms with E-state index in [-0.39, 0.29) is 6.54 Å². The second-order valence-electron chi connectivity index (χ2n) is 3.16. The lowest BCUT2D eigenvalue weighted by atomic mass is 10.1. The van der Waals surface area contributed by atoms with Gasteiger partial charge in [-0.3, -0.25) is 0 Å². The number of aliphatic hydroxyl groups is 1. The highest BCUT2D eigenvalue weighted by Gasteiger charge is 2.11. The molecule has 0 spiro atoms. The zero-order chi connectivity index (χ0) is 12.8. The van der Waals surface area contributed by atoms with E-state index in [1.807, 2.05) is 0 Å². The van der Waals surface area contributed by atoms with E-state index in [0.717, 1.165) is 0 Å². The Bertz CT molecular complexity index is 425. The van der Waals surface area contributed by atoms with E-state index in [4.69, 9.17) is 11.6 Å². The minimum absolute atomic E-state index is 0.119. The number of primary amides is 1. The summed E-state index contributed by atoms with van der Waals surface area (Å²) in [4.78, 5) is 21.1. The molecule has 0 aliphatic carbocycles. The number of nitrogens with two attached hydrogens (primary N) is 1. The van der Waals surface area contributed by atoms with Gasteiger partial charge in [0.1, 0.15) is 0 Å². The second kappa shape index (κ2) is 6.07. The van der Waals surface area contributed by atoms with Crippen LogP contribution in [0.5, 0.6) is 0 Å². The highest BCUT2D eigenvalue weighted by Crippen LogP contribution is 2.16. The molecule has 0 bridgehead atoms. The lowest BCUT2D eigenvalue weighted by Crippen LogP contribution is -2.32. The van der Waals surface area contributed by atoms with Gasteiger partial charge in [-0.05, 0) is 17.7 Å². The topological polar surface area (TPSA) is 102 Å². The number of aliphatic hydroxyl groups excluding tert-OH is 1. The fraction of sp³-hybridized carbons (Fsp3) is 0.200. The zero-order valence-electron chi connectivity index (χ0n) is 8.72. The molecule has 0 radical (unpaired) electrons. The molecule has 6 nitrogen and oxygen atoms in total. The number of amides is 2. The maximum absolute atomic E-state index is 10.9. The molecule has 1 aromatic carbocycles. The maximum Gasteiger partial charge on any atom is 0.416 e. The van der Waals surface area contributed by atoms with Gasteiger partial charge in [-0.1, -0.05) is 23.7 Å². The van der Waals surface area contributed by atoms with E-state index in [0.29, 0.717) is 10.6 Å². The Hall–Kier alpha value is -1.79. The van der Waals surface area contributed by atoms with Crippen molar-refractivity contribution in [2.75, 3.05) is 6.54 Å². The number of hydrogen-bond donors (Lipinski definition) is 3. The SMILES string of the molecule is NC(=O)OC(=O)NCC(O)c1cccc(Cl)c1. The van der Waals surface area contributed by atoms with Crippen molar-refractivity contribution >= 4 is 23.8 Å². The number of carbonyl (C=O) groups is 2. The molecule has 0 fully saturated rings. The van der Waals surface area contributed by atoms with Gasteiger partial charge in [0.2, 0.25) is 0 Å². The van der Waals surface area contributed by atoms with Crippen LogP contribution in [0.25, 0.3) is 0 Å². The molecule has 1 rings (SSSR count). The number of alkyl carbamates (subject to hydrolysis) is 1. The molecule has 7 heteroatoms. The van der Waals surface area contributed by atoms with Crippen molar-refractivity contribution in [2.45, 2.75) is 6.10 Å². The first kappa shape index (κ1) is 13.3. The first-order chi connectivity index (χ1) is 7.99. The summed E-state index contributed by atoms with van der Waals surface area (Å²) in [6.45, 7) is -0.119. The van der Waals surface area contributed by atoms with Crippen molar-refractivity contribution in [3.05, 3.63) is 34.9 Å². The average Bonchev–Trinajstić information content (AvgIpc) is 2.25. The van der Waals surface area contributed by atoms with Gasteiger partial charge < -0.3 is 20.9 Å². The largest absolute Gasteiger partial charge is 0.416 e. The number of halogens is 1. The normalized spacial score (nSPS) is 11.6. The van der Waals surface area contributed by atoms with E-state index in [9.17, 15) is 14.7 Å². The monoisotopic (exact) mass is 258 g/mol. The van der Waals surface area contributed by atoms with Crippen molar-refractivity contribution in [2.24, 2.45) is 5.73 Å². The van der Waals surface area contributed by atoms with Crippen molar-refractivity contribution in [3.8, 4) is 0 Å². The van der Waals surface area contributed by atoms with Gasteiger partial charge >= 0.3 is 12.2 Å². The third kappa shape index (κ3) is 4.71. The summed E-state index contributed by atoms with van der Waals surface area (Å²) in [5.41, 5.74) is 5.17. The molecule has 1 aromatic rings. The van der Waals surface area contributed by atoms with E-state index in [2.05, 4.69) is 15.8 Å². The van der Waals surface area contributed by atoms with Gasteiger partial charge in [-0.15, -0.1) is 0 Å². The Morgan fingerprint density at radius 1 is 1.53 bits per heavy atom. The first-order valence-corrected chi connectivity index (χ1v) is 5.05. The number of carbonyl (C=O) groups excluding carboxylic acids is 2. The van der Waals surface area contributed by atoms with Crippen LogP contribution in [-0.2, 0) is 4.74 Å². The fourth-order valence-corrected chi connectivity index (χ4v) is 1.34. The van der Waals surface area contributed by atoms with E-state index < -0.39 is 18.3 Å². The Balaban J connectivity index is 2.47. The minimum Gasteiger partial charge on any atom is -0.387 e. The lowest BCUT2D eigenvalue weighted by Gasteiger charge is -2.11. The van der Waals surface area contributed by atoms with Crippen molar-refractivity contribution in [1.29, 1.82) is 0 Å². The number of ether oxygens (including phenoxy) is 1. The van der Waals surface area contributed by atoms with Crippen molar-refractivity contribution < 1.29 is 19.4 Å². The summed E-state index contributed by atoms with van der Waals surface area (Å²) in [7, 11) is 0. The van der Waals surface area contributed by atoms with Crippen LogP contribution in [0, 0.1) is 0 Å². The minimum atomic E-state index is -1.21. The number of nitrogens with one attached hydrogen (secondary N) is 1. The molecule has 0 aromatic heterocycles. The molecule has 4 N–H and O–H groups in total. The van der Waals surface area contributed by atoms with Crippen LogP contribution in [0.2, 0.25) is 5.02 Å². The predicted molar refractivity (Wildman–Crippen MR) is 60.5 cm³/mol. The highest BCUT2D eigenvalue weighted by molar-refractivity contribution is 6.30. The molecule has 0 aliphatic heterocycles. The molecular formula is C10H11ClN2O4. The van der Waals surface area contributed by atoms with Crippen molar-refractivity contribution in [3.63, 3.8) is 0 Å². The van der Waals surface area contributed by atoms with E-state index in [1.54, 1.807) is 24.3 Å². The number of benzene rings is 1. The van der Waals surface area contributed by atoms with Crippen LogP contribution in [-0.4, -0.2) is 23.8 Å². The Kier molecular flexibility index (Phi) is 4.74. The van der Waals surface area contributed by atoms with Crippen LogP contribution in [0.3, 0.4) is 0 Å². The Morgan fingerprint density at radius 2 is 2.24 bits per heavy atom. The molecule has 0 aliphatic rings. The molecule has 0 saturated heterocycles. The number of rotatable bonds is 3. The van der Waals surface area contributed by atoms with Gasteiger partial charge in [-0.25, -0.2) is 9.59 Å². The highest BCUT2D eigenvalue weighted by atomic mass is 35.5. The van der Waals surface area contributed by atoms with Crippen LogP contribution in [0.15, 0.2) is 24.3 Å². The molecule has 0 saturated carbocycles. The van der Waals surface area contributed by atoms with Gasteiger partial charge in [-0.2, -0.15) is 0 Å². The summed E-state index contributed by atoms with van der Waals surface area (Å²) in [5.74, 6) is 0. The second-order valence-corrected chi connectivity index (χ2v) is 3.60. The summed E-state index contributed by atoms with van der Waals surface area (Å²) in [6, 6.07) is 6.54. The molecule has 17 heavy (non-hydrogen) atoms. The number of hydrogen-bond acceptors (Lipinski definition) is 4. The van der Waals surface area contributed by atoms with Crippen molar-refractivity contribution in [1.82, 2.24) is 5.32 Å². The fourth-order valence-electron chi connectivity index (χ4n) is 1.14. The smallest absolute Gasteiger partial charge is 0.387 e. The Labute approximate surface area is 102 Å².